The highest BCUT2D eigenvalue weighted by Gasteiger charge is 2.02. The van der Waals surface area contributed by atoms with E-state index >= 15 is 0 Å². The molecule has 0 bridgehead atoms. The van der Waals surface area contributed by atoms with E-state index < -0.39 is 0 Å². The van der Waals surface area contributed by atoms with E-state index in [0.29, 0.717) is 0 Å². The Morgan fingerprint density at radius 3 is 2.38 bits per heavy atom. The van der Waals surface area contributed by atoms with Crippen LogP contribution in [-0.4, -0.2) is 5.11 Å². The Kier molecular flexibility index (Phi) is 2.82. The summed E-state index contributed by atoms with van der Waals surface area (Å²) in [4.78, 5) is 0. The third-order valence-corrected chi connectivity index (χ3v) is 2.49. The number of phenolic OH excluding ortho intramolecular Hbond substituents is 1. The van der Waals surface area contributed by atoms with E-state index in [-0.39, 0.29) is 5.75 Å². The fourth-order valence-corrected chi connectivity index (χ4v) is 1.49. The van der Waals surface area contributed by atoms with Crippen molar-refractivity contribution in [2.24, 2.45) is 0 Å². The zero-order valence-corrected chi connectivity index (χ0v) is 9.40. The lowest BCUT2D eigenvalue weighted by molar-refractivity contribution is 0.459. The van der Waals surface area contributed by atoms with Crippen molar-refractivity contribution in [3.05, 3.63) is 53.6 Å². The number of hydrogen-bond donors (Lipinski definition) is 1. The predicted molar refractivity (Wildman–Crippen MR) is 64.1 cm³/mol. The molecule has 2 nitrogen and oxygen atoms in total. The molecule has 2 aromatic carbocycles. The Labute approximate surface area is 95.1 Å². The van der Waals surface area contributed by atoms with Gasteiger partial charge in [-0.25, -0.2) is 0 Å². The van der Waals surface area contributed by atoms with Gasteiger partial charge in [0.25, 0.3) is 0 Å². The topological polar surface area (TPSA) is 29.5 Å². The first-order chi connectivity index (χ1) is 7.66. The molecular weight excluding hydrogens is 200 g/mol. The van der Waals surface area contributed by atoms with Crippen molar-refractivity contribution < 1.29 is 9.84 Å². The van der Waals surface area contributed by atoms with Crippen LogP contribution >= 0.6 is 0 Å². The van der Waals surface area contributed by atoms with Crippen LogP contribution in [0.4, 0.5) is 0 Å². The summed E-state index contributed by atoms with van der Waals surface area (Å²) in [5, 5.41) is 9.41. The van der Waals surface area contributed by atoms with Gasteiger partial charge in [-0.05, 0) is 49.2 Å². The maximum atomic E-state index is 9.41. The molecule has 0 atom stereocenters. The highest BCUT2D eigenvalue weighted by atomic mass is 16.5. The highest BCUT2D eigenvalue weighted by molar-refractivity contribution is 5.42. The van der Waals surface area contributed by atoms with Gasteiger partial charge in [-0.1, -0.05) is 18.2 Å². The molecule has 2 aromatic rings. The molecule has 82 valence electrons. The minimum atomic E-state index is 0.289. The van der Waals surface area contributed by atoms with Gasteiger partial charge in [-0.2, -0.15) is 0 Å². The maximum absolute atomic E-state index is 9.41. The number of para-hydroxylation sites is 1. The number of rotatable bonds is 2. The van der Waals surface area contributed by atoms with Crippen LogP contribution in [0.15, 0.2) is 42.5 Å². The fourth-order valence-electron chi connectivity index (χ4n) is 1.49. The monoisotopic (exact) mass is 214 g/mol. The molecule has 16 heavy (non-hydrogen) atoms. The van der Waals surface area contributed by atoms with E-state index in [4.69, 9.17) is 4.74 Å². The molecule has 2 heteroatoms. The summed E-state index contributed by atoms with van der Waals surface area (Å²) in [5.41, 5.74) is 1.90. The van der Waals surface area contributed by atoms with Crippen LogP contribution in [0.1, 0.15) is 11.1 Å². The van der Waals surface area contributed by atoms with Gasteiger partial charge in [-0.15, -0.1) is 0 Å². The van der Waals surface area contributed by atoms with Gasteiger partial charge < -0.3 is 9.84 Å². The first kappa shape index (κ1) is 10.6. The van der Waals surface area contributed by atoms with Crippen molar-refractivity contribution in [2.45, 2.75) is 13.8 Å². The van der Waals surface area contributed by atoms with E-state index in [1.165, 1.54) is 0 Å². The summed E-state index contributed by atoms with van der Waals surface area (Å²) >= 11 is 0. The zero-order chi connectivity index (χ0) is 11.5. The summed E-state index contributed by atoms with van der Waals surface area (Å²) in [5.74, 6) is 1.87. The number of benzene rings is 2. The second kappa shape index (κ2) is 4.27. The van der Waals surface area contributed by atoms with E-state index in [0.717, 1.165) is 22.6 Å². The van der Waals surface area contributed by atoms with Gasteiger partial charge in [0.05, 0.1) is 0 Å². The molecule has 2 rings (SSSR count). The van der Waals surface area contributed by atoms with Crippen LogP contribution in [-0.2, 0) is 0 Å². The summed E-state index contributed by atoms with van der Waals surface area (Å²) in [6.45, 7) is 3.85. The average molecular weight is 214 g/mol. The van der Waals surface area contributed by atoms with Gasteiger partial charge in [0.15, 0.2) is 0 Å². The van der Waals surface area contributed by atoms with Crippen molar-refractivity contribution in [2.75, 3.05) is 0 Å². The lowest BCUT2D eigenvalue weighted by Crippen LogP contribution is -1.87. The zero-order valence-electron chi connectivity index (χ0n) is 9.40. The Balaban J connectivity index is 2.28. The van der Waals surface area contributed by atoms with Crippen molar-refractivity contribution in [1.29, 1.82) is 0 Å². The number of hydrogen-bond acceptors (Lipinski definition) is 2. The van der Waals surface area contributed by atoms with E-state index in [1.54, 1.807) is 12.1 Å². The predicted octanol–water partition coefficient (Wildman–Crippen LogP) is 3.80. The molecule has 0 aliphatic carbocycles. The minimum Gasteiger partial charge on any atom is -0.508 e. The molecule has 0 aromatic heterocycles. The molecular formula is C14H14O2. The summed E-state index contributed by atoms with van der Waals surface area (Å²) in [7, 11) is 0. The molecule has 0 aliphatic rings. The van der Waals surface area contributed by atoms with Gasteiger partial charge in [0.1, 0.15) is 17.2 Å². The molecule has 0 radical (unpaired) electrons. The Hall–Kier alpha value is -1.96. The van der Waals surface area contributed by atoms with Crippen molar-refractivity contribution in [3.8, 4) is 17.2 Å². The lowest BCUT2D eigenvalue weighted by Gasteiger charge is -2.09. The molecule has 0 amide bonds. The van der Waals surface area contributed by atoms with E-state index in [2.05, 4.69) is 0 Å². The number of aromatic hydroxyl groups is 1. The van der Waals surface area contributed by atoms with Crippen molar-refractivity contribution in [1.82, 2.24) is 0 Å². The van der Waals surface area contributed by atoms with E-state index in [1.807, 2.05) is 44.2 Å². The standard InChI is InChI=1S/C14H14O2/c1-10-5-3-4-6-14(10)16-12-7-8-13(15)11(2)9-12/h3-9,15H,1-2H3. The third-order valence-electron chi connectivity index (χ3n) is 2.49. The SMILES string of the molecule is Cc1cc(Oc2ccccc2C)ccc1O. The maximum Gasteiger partial charge on any atom is 0.130 e. The number of ether oxygens (including phenoxy) is 1. The summed E-state index contributed by atoms with van der Waals surface area (Å²) in [6.07, 6.45) is 0. The normalized spacial score (nSPS) is 10.1. The molecule has 0 unspecified atom stereocenters. The first-order valence-corrected chi connectivity index (χ1v) is 5.20. The largest absolute Gasteiger partial charge is 0.508 e. The van der Waals surface area contributed by atoms with Crippen LogP contribution in [0.25, 0.3) is 0 Å². The summed E-state index contributed by atoms with van der Waals surface area (Å²) in [6, 6.07) is 13.1. The Morgan fingerprint density at radius 1 is 0.938 bits per heavy atom. The molecule has 0 fully saturated rings. The van der Waals surface area contributed by atoms with Gasteiger partial charge in [0.2, 0.25) is 0 Å². The van der Waals surface area contributed by atoms with E-state index in [9.17, 15) is 5.11 Å². The second-order valence-corrected chi connectivity index (χ2v) is 3.82. The van der Waals surface area contributed by atoms with Gasteiger partial charge in [-0.3, -0.25) is 0 Å². The van der Waals surface area contributed by atoms with Crippen LogP contribution in [0.3, 0.4) is 0 Å². The minimum absolute atomic E-state index is 0.289. The van der Waals surface area contributed by atoms with Crippen molar-refractivity contribution in [3.63, 3.8) is 0 Å². The van der Waals surface area contributed by atoms with Crippen LogP contribution < -0.4 is 4.74 Å². The van der Waals surface area contributed by atoms with Crippen molar-refractivity contribution >= 4 is 0 Å². The fraction of sp³-hybridized carbons (Fsp3) is 0.143. The lowest BCUT2D eigenvalue weighted by atomic mass is 10.2. The summed E-state index contributed by atoms with van der Waals surface area (Å²) < 4.78 is 5.73. The molecule has 0 saturated carbocycles. The molecule has 0 aliphatic heterocycles. The van der Waals surface area contributed by atoms with Gasteiger partial charge >= 0.3 is 0 Å². The number of aryl methyl sites for hydroxylation is 2. The third kappa shape index (κ3) is 2.16. The Morgan fingerprint density at radius 2 is 1.69 bits per heavy atom. The quantitative estimate of drug-likeness (QED) is 0.823. The molecule has 0 heterocycles. The Bertz CT molecular complexity index is 504. The molecule has 1 N–H and O–H groups in total. The van der Waals surface area contributed by atoms with Crippen LogP contribution in [0.5, 0.6) is 17.2 Å². The smallest absolute Gasteiger partial charge is 0.130 e. The van der Waals surface area contributed by atoms with Gasteiger partial charge in [0, 0.05) is 0 Å². The average Bonchev–Trinajstić information content (AvgIpc) is 2.27. The number of phenols is 1. The van der Waals surface area contributed by atoms with Crippen LogP contribution in [0.2, 0.25) is 0 Å². The first-order valence-electron chi connectivity index (χ1n) is 5.20. The molecule has 0 saturated heterocycles. The van der Waals surface area contributed by atoms with Crippen LogP contribution in [0, 0.1) is 13.8 Å². The highest BCUT2D eigenvalue weighted by Crippen LogP contribution is 2.28. The molecule has 0 spiro atoms. The second-order valence-electron chi connectivity index (χ2n) is 3.82.